The molecule has 0 aliphatic carbocycles. The summed E-state index contributed by atoms with van der Waals surface area (Å²) in [6, 6.07) is 0. The summed E-state index contributed by atoms with van der Waals surface area (Å²) < 4.78 is 4.61. The van der Waals surface area contributed by atoms with Crippen LogP contribution in [0.25, 0.3) is 0 Å². The molecule has 0 saturated heterocycles. The minimum atomic E-state index is -0.379. The van der Waals surface area contributed by atoms with E-state index in [9.17, 15) is 9.90 Å². The van der Waals surface area contributed by atoms with Crippen LogP contribution in [-0.4, -0.2) is 24.3 Å². The minimum Gasteiger partial charge on any atom is -0.466 e. The van der Waals surface area contributed by atoms with Crippen molar-refractivity contribution in [3.8, 4) is 0 Å². The van der Waals surface area contributed by atoms with Crippen molar-refractivity contribution in [2.45, 2.75) is 72.8 Å². The summed E-state index contributed by atoms with van der Waals surface area (Å²) in [5.41, 5.74) is 4.64. The molecular weight excluding hydrogens is 300 g/mol. The van der Waals surface area contributed by atoms with Crippen molar-refractivity contribution >= 4 is 5.97 Å². The first kappa shape index (κ1) is 22.4. The highest BCUT2D eigenvalue weighted by atomic mass is 16.5. The third kappa shape index (κ3) is 11.9. The molecule has 0 spiro atoms. The number of hydrogen-bond donors (Lipinski definition) is 1. The highest BCUT2D eigenvalue weighted by molar-refractivity contribution is 5.82. The lowest BCUT2D eigenvalue weighted by atomic mass is 10.0. The quantitative estimate of drug-likeness (QED) is 0.336. The molecule has 1 atom stereocenters. The Labute approximate surface area is 147 Å². The molecule has 136 valence electrons. The number of allylic oxidation sites excluding steroid dienone is 5. The number of aliphatic hydroxyl groups excluding tert-OH is 1. The second kappa shape index (κ2) is 12.8. The van der Waals surface area contributed by atoms with Gasteiger partial charge >= 0.3 is 5.97 Å². The summed E-state index contributed by atoms with van der Waals surface area (Å²) in [6.45, 7) is 10.1. The Morgan fingerprint density at radius 3 is 2.12 bits per heavy atom. The van der Waals surface area contributed by atoms with E-state index in [1.54, 1.807) is 6.08 Å². The average molecular weight is 335 g/mol. The van der Waals surface area contributed by atoms with Crippen molar-refractivity contribution in [2.75, 3.05) is 7.11 Å². The van der Waals surface area contributed by atoms with Gasteiger partial charge in [-0.1, -0.05) is 34.9 Å². The number of esters is 1. The average Bonchev–Trinajstić information content (AvgIpc) is 2.52. The summed E-state index contributed by atoms with van der Waals surface area (Å²) >= 11 is 0. The van der Waals surface area contributed by atoms with Gasteiger partial charge in [-0.15, -0.1) is 0 Å². The fraction of sp³-hybridized carbons (Fsp3) is 0.571. The van der Waals surface area contributed by atoms with Crippen LogP contribution in [0, 0.1) is 0 Å². The van der Waals surface area contributed by atoms with E-state index in [1.807, 2.05) is 27.7 Å². The van der Waals surface area contributed by atoms with E-state index in [2.05, 4.69) is 29.9 Å². The first-order chi connectivity index (χ1) is 11.3. The molecule has 0 aromatic heterocycles. The zero-order valence-corrected chi connectivity index (χ0v) is 16.2. The van der Waals surface area contributed by atoms with E-state index in [4.69, 9.17) is 0 Å². The summed E-state index contributed by atoms with van der Waals surface area (Å²) in [5, 5.41) is 10.1. The molecule has 0 fully saturated rings. The standard InChI is InChI=1S/C21H34O3/c1-16(2)13-14-20(22)19(5)12-8-10-17(3)9-7-11-18(4)15-21(23)24-6/h9,12-13,15,20,22H,7-8,10-11,14H2,1-6H3/b17-9+,18-15+,19-12+. The molecule has 0 radical (unpaired) electrons. The van der Waals surface area contributed by atoms with Crippen LogP contribution in [0.15, 0.2) is 46.6 Å². The van der Waals surface area contributed by atoms with Gasteiger partial charge < -0.3 is 9.84 Å². The van der Waals surface area contributed by atoms with Gasteiger partial charge in [-0.3, -0.25) is 0 Å². The van der Waals surface area contributed by atoms with Gasteiger partial charge in [-0.25, -0.2) is 4.79 Å². The van der Waals surface area contributed by atoms with E-state index in [0.717, 1.165) is 36.8 Å². The predicted octanol–water partition coefficient (Wildman–Crippen LogP) is 5.28. The number of aliphatic hydroxyl groups is 1. The monoisotopic (exact) mass is 334 g/mol. The highest BCUT2D eigenvalue weighted by Gasteiger charge is 2.03. The summed E-state index contributed by atoms with van der Waals surface area (Å²) in [6.07, 6.45) is 12.0. The molecule has 0 aromatic rings. The number of carbonyl (C=O) groups excluding carboxylic acids is 1. The molecule has 0 bridgehead atoms. The van der Waals surface area contributed by atoms with Crippen molar-refractivity contribution < 1.29 is 14.6 Å². The van der Waals surface area contributed by atoms with Gasteiger partial charge in [0.2, 0.25) is 0 Å². The zero-order chi connectivity index (χ0) is 18.5. The van der Waals surface area contributed by atoms with Crippen LogP contribution in [0.2, 0.25) is 0 Å². The Morgan fingerprint density at radius 1 is 0.958 bits per heavy atom. The van der Waals surface area contributed by atoms with Crippen LogP contribution < -0.4 is 0 Å². The summed E-state index contributed by atoms with van der Waals surface area (Å²) in [7, 11) is 1.39. The number of hydrogen-bond acceptors (Lipinski definition) is 3. The molecule has 0 aliphatic heterocycles. The lowest BCUT2D eigenvalue weighted by Gasteiger charge is -2.09. The smallest absolute Gasteiger partial charge is 0.330 e. The maximum atomic E-state index is 11.1. The second-order valence-electron chi connectivity index (χ2n) is 6.62. The lowest BCUT2D eigenvalue weighted by molar-refractivity contribution is -0.134. The van der Waals surface area contributed by atoms with Gasteiger partial charge in [0.05, 0.1) is 13.2 Å². The van der Waals surface area contributed by atoms with Crippen LogP contribution in [0.1, 0.15) is 66.7 Å². The number of methoxy groups -OCH3 is 1. The molecule has 0 rings (SSSR count). The molecule has 0 aromatic carbocycles. The Kier molecular flexibility index (Phi) is 11.9. The third-order valence-corrected chi connectivity index (χ3v) is 3.88. The molecular formula is C21H34O3. The fourth-order valence-electron chi connectivity index (χ4n) is 2.18. The van der Waals surface area contributed by atoms with Gasteiger partial charge in [0.25, 0.3) is 0 Å². The highest BCUT2D eigenvalue weighted by Crippen LogP contribution is 2.14. The molecule has 1 unspecified atom stereocenters. The van der Waals surface area contributed by atoms with Gasteiger partial charge in [-0.2, -0.15) is 0 Å². The van der Waals surface area contributed by atoms with E-state index in [1.165, 1.54) is 18.3 Å². The van der Waals surface area contributed by atoms with Crippen molar-refractivity contribution in [3.05, 3.63) is 46.6 Å². The maximum absolute atomic E-state index is 11.1. The van der Waals surface area contributed by atoms with Gasteiger partial charge in [0, 0.05) is 6.08 Å². The van der Waals surface area contributed by atoms with Gasteiger partial charge in [-0.05, 0) is 72.3 Å². The van der Waals surface area contributed by atoms with E-state index in [-0.39, 0.29) is 12.1 Å². The minimum absolute atomic E-state index is 0.291. The van der Waals surface area contributed by atoms with E-state index < -0.39 is 0 Å². The number of ether oxygens (including phenoxy) is 1. The largest absolute Gasteiger partial charge is 0.466 e. The first-order valence-electron chi connectivity index (χ1n) is 8.65. The molecule has 0 saturated carbocycles. The topological polar surface area (TPSA) is 46.5 Å². The Balaban J connectivity index is 4.22. The van der Waals surface area contributed by atoms with Crippen molar-refractivity contribution in [1.82, 2.24) is 0 Å². The molecule has 3 nitrogen and oxygen atoms in total. The Bertz CT molecular complexity index is 503. The molecule has 24 heavy (non-hydrogen) atoms. The first-order valence-corrected chi connectivity index (χ1v) is 8.65. The predicted molar refractivity (Wildman–Crippen MR) is 102 cm³/mol. The van der Waals surface area contributed by atoms with Gasteiger partial charge in [0.15, 0.2) is 0 Å². The maximum Gasteiger partial charge on any atom is 0.330 e. The van der Waals surface area contributed by atoms with Crippen LogP contribution in [0.3, 0.4) is 0 Å². The van der Waals surface area contributed by atoms with Crippen molar-refractivity contribution in [3.63, 3.8) is 0 Å². The van der Waals surface area contributed by atoms with Gasteiger partial charge in [0.1, 0.15) is 0 Å². The summed E-state index contributed by atoms with van der Waals surface area (Å²) in [4.78, 5) is 11.1. The zero-order valence-electron chi connectivity index (χ0n) is 16.2. The molecule has 1 N–H and O–H groups in total. The molecule has 0 amide bonds. The van der Waals surface area contributed by atoms with E-state index in [0.29, 0.717) is 6.42 Å². The van der Waals surface area contributed by atoms with Crippen molar-refractivity contribution in [2.24, 2.45) is 0 Å². The third-order valence-electron chi connectivity index (χ3n) is 3.88. The van der Waals surface area contributed by atoms with Crippen LogP contribution in [0.4, 0.5) is 0 Å². The second-order valence-corrected chi connectivity index (χ2v) is 6.62. The van der Waals surface area contributed by atoms with Crippen LogP contribution >= 0.6 is 0 Å². The summed E-state index contributed by atoms with van der Waals surface area (Å²) in [5.74, 6) is -0.291. The Morgan fingerprint density at radius 2 is 1.54 bits per heavy atom. The van der Waals surface area contributed by atoms with Crippen molar-refractivity contribution in [1.29, 1.82) is 0 Å². The molecule has 3 heteroatoms. The molecule has 0 heterocycles. The number of rotatable bonds is 10. The number of carbonyl (C=O) groups is 1. The molecule has 0 aliphatic rings. The van der Waals surface area contributed by atoms with E-state index >= 15 is 0 Å². The Hall–Kier alpha value is -1.61. The van der Waals surface area contributed by atoms with Crippen LogP contribution in [-0.2, 0) is 9.53 Å². The normalized spacial score (nSPS) is 14.4. The van der Waals surface area contributed by atoms with Crippen LogP contribution in [0.5, 0.6) is 0 Å². The SMILES string of the molecule is COC(=O)/C=C(\C)CC/C=C(\C)CC/C=C(\C)C(O)CC=C(C)C. The lowest BCUT2D eigenvalue weighted by Crippen LogP contribution is -2.06. The fourth-order valence-corrected chi connectivity index (χ4v) is 2.18.